The third-order valence-corrected chi connectivity index (χ3v) is 4.80. The van der Waals surface area contributed by atoms with E-state index in [1.54, 1.807) is 24.3 Å². The van der Waals surface area contributed by atoms with Crippen LogP contribution in [0.5, 0.6) is 5.75 Å². The fraction of sp³-hybridized carbons (Fsp3) is 0.222. The first kappa shape index (κ1) is 20.4. The first-order chi connectivity index (χ1) is 12.7. The van der Waals surface area contributed by atoms with Gasteiger partial charge in [-0.3, -0.25) is 9.59 Å². The number of ether oxygens (including phenoxy) is 2. The number of nitrogens with one attached hydrogen (secondary N) is 1. The summed E-state index contributed by atoms with van der Waals surface area (Å²) in [6, 6.07) is 11.4. The van der Waals surface area contributed by atoms with E-state index in [1.807, 2.05) is 0 Å². The van der Waals surface area contributed by atoms with Gasteiger partial charge in [0.25, 0.3) is 5.91 Å². The lowest BCUT2D eigenvalue weighted by Gasteiger charge is -2.18. The number of benzene rings is 2. The number of sulfonamides is 1. The highest BCUT2D eigenvalue weighted by molar-refractivity contribution is 7.89. The second-order valence-electron chi connectivity index (χ2n) is 5.65. The van der Waals surface area contributed by atoms with Gasteiger partial charge in [0.2, 0.25) is 10.0 Å². The van der Waals surface area contributed by atoms with E-state index in [0.717, 1.165) is 0 Å². The maximum absolute atomic E-state index is 12.5. The van der Waals surface area contributed by atoms with Crippen LogP contribution < -0.4 is 15.2 Å². The molecule has 144 valence electrons. The van der Waals surface area contributed by atoms with Crippen LogP contribution in [-0.2, 0) is 19.6 Å². The number of amides is 1. The molecule has 0 heterocycles. The van der Waals surface area contributed by atoms with E-state index in [0.29, 0.717) is 11.3 Å². The molecule has 0 fully saturated rings. The second kappa shape index (κ2) is 8.65. The number of carbonyl (C=O) groups is 2. The van der Waals surface area contributed by atoms with Crippen LogP contribution in [-0.4, -0.2) is 34.5 Å². The molecule has 9 heteroatoms. The average molecular weight is 392 g/mol. The normalized spacial score (nSPS) is 12.1. The fourth-order valence-electron chi connectivity index (χ4n) is 2.38. The Hall–Kier alpha value is -2.91. The molecule has 0 aromatic heterocycles. The van der Waals surface area contributed by atoms with Gasteiger partial charge in [-0.2, -0.15) is 0 Å². The average Bonchev–Trinajstić information content (AvgIpc) is 2.66. The summed E-state index contributed by atoms with van der Waals surface area (Å²) in [5, 5.41) is 7.79. The van der Waals surface area contributed by atoms with Crippen LogP contribution in [0.3, 0.4) is 0 Å². The molecule has 0 spiro atoms. The van der Waals surface area contributed by atoms with Crippen LogP contribution in [0.2, 0.25) is 0 Å². The molecule has 1 unspecified atom stereocenters. The zero-order chi connectivity index (χ0) is 20.0. The molecule has 0 saturated carbocycles. The zero-order valence-electron chi connectivity index (χ0n) is 14.8. The van der Waals surface area contributed by atoms with Crippen molar-refractivity contribution in [2.24, 2.45) is 5.14 Å². The predicted molar refractivity (Wildman–Crippen MR) is 97.6 cm³/mol. The minimum absolute atomic E-state index is 0.0656. The number of primary sulfonamides is 1. The van der Waals surface area contributed by atoms with E-state index in [4.69, 9.17) is 14.6 Å². The third kappa shape index (κ3) is 5.53. The van der Waals surface area contributed by atoms with Crippen molar-refractivity contribution >= 4 is 21.9 Å². The van der Waals surface area contributed by atoms with Crippen molar-refractivity contribution in [1.82, 2.24) is 5.32 Å². The van der Waals surface area contributed by atoms with Crippen molar-refractivity contribution in [3.63, 3.8) is 0 Å². The number of esters is 1. The summed E-state index contributed by atoms with van der Waals surface area (Å²) < 4.78 is 32.4. The van der Waals surface area contributed by atoms with Crippen molar-refractivity contribution in [2.75, 3.05) is 14.2 Å². The first-order valence-electron chi connectivity index (χ1n) is 7.89. The van der Waals surface area contributed by atoms with Gasteiger partial charge in [0.1, 0.15) is 5.75 Å². The molecule has 0 aliphatic heterocycles. The van der Waals surface area contributed by atoms with Crippen molar-refractivity contribution in [2.45, 2.75) is 17.4 Å². The Bertz CT molecular complexity index is 908. The highest BCUT2D eigenvalue weighted by Crippen LogP contribution is 2.21. The van der Waals surface area contributed by atoms with Crippen molar-refractivity contribution in [3.05, 3.63) is 59.7 Å². The summed E-state index contributed by atoms with van der Waals surface area (Å²) in [5.74, 6) is -0.318. The van der Waals surface area contributed by atoms with Crippen molar-refractivity contribution in [1.29, 1.82) is 0 Å². The van der Waals surface area contributed by atoms with Crippen LogP contribution in [0.4, 0.5) is 0 Å². The summed E-state index contributed by atoms with van der Waals surface area (Å²) >= 11 is 0. The molecule has 0 aliphatic carbocycles. The monoisotopic (exact) mass is 392 g/mol. The van der Waals surface area contributed by atoms with E-state index in [-0.39, 0.29) is 16.9 Å². The Morgan fingerprint density at radius 2 is 1.63 bits per heavy atom. The molecule has 27 heavy (non-hydrogen) atoms. The SMILES string of the molecule is COC(=O)CC(NC(=O)c1ccc(S(N)(=O)=O)cc1)c1ccc(OC)cc1. The van der Waals surface area contributed by atoms with Crippen molar-refractivity contribution < 1.29 is 27.5 Å². The quantitative estimate of drug-likeness (QED) is 0.686. The largest absolute Gasteiger partial charge is 0.497 e. The third-order valence-electron chi connectivity index (χ3n) is 3.87. The van der Waals surface area contributed by atoms with Crippen LogP contribution >= 0.6 is 0 Å². The Morgan fingerprint density at radius 3 is 2.11 bits per heavy atom. The molecule has 2 aromatic rings. The number of carbonyl (C=O) groups excluding carboxylic acids is 2. The van der Waals surface area contributed by atoms with Gasteiger partial charge >= 0.3 is 5.97 Å². The number of hydrogen-bond donors (Lipinski definition) is 2. The maximum atomic E-state index is 12.5. The lowest BCUT2D eigenvalue weighted by molar-refractivity contribution is -0.141. The number of methoxy groups -OCH3 is 2. The smallest absolute Gasteiger partial charge is 0.307 e. The fourth-order valence-corrected chi connectivity index (χ4v) is 2.89. The van der Waals surface area contributed by atoms with Gasteiger partial charge < -0.3 is 14.8 Å². The molecule has 3 N–H and O–H groups in total. The minimum atomic E-state index is -3.84. The van der Waals surface area contributed by atoms with E-state index < -0.39 is 27.9 Å². The summed E-state index contributed by atoms with van der Waals surface area (Å²) in [6.07, 6.45) is -0.0656. The summed E-state index contributed by atoms with van der Waals surface area (Å²) in [7, 11) is -1.04. The summed E-state index contributed by atoms with van der Waals surface area (Å²) in [5.41, 5.74) is 0.918. The summed E-state index contributed by atoms with van der Waals surface area (Å²) in [4.78, 5) is 24.1. The Kier molecular flexibility index (Phi) is 6.54. The Morgan fingerprint density at radius 1 is 1.04 bits per heavy atom. The lowest BCUT2D eigenvalue weighted by Crippen LogP contribution is -2.30. The molecular formula is C18H20N2O6S. The van der Waals surface area contributed by atoms with E-state index in [9.17, 15) is 18.0 Å². The minimum Gasteiger partial charge on any atom is -0.497 e. The predicted octanol–water partition coefficient (Wildman–Crippen LogP) is 1.38. The molecule has 0 bridgehead atoms. The highest BCUT2D eigenvalue weighted by Gasteiger charge is 2.20. The molecule has 1 amide bonds. The Balaban J connectivity index is 2.22. The highest BCUT2D eigenvalue weighted by atomic mass is 32.2. The topological polar surface area (TPSA) is 125 Å². The molecule has 2 rings (SSSR count). The second-order valence-corrected chi connectivity index (χ2v) is 7.21. The van der Waals surface area contributed by atoms with E-state index in [1.165, 1.54) is 38.5 Å². The van der Waals surface area contributed by atoms with Crippen LogP contribution in [0, 0.1) is 0 Å². The van der Waals surface area contributed by atoms with E-state index in [2.05, 4.69) is 5.32 Å². The standard InChI is InChI=1S/C18H20N2O6S/c1-25-14-7-3-12(4-8-14)16(11-17(21)26-2)20-18(22)13-5-9-15(10-6-13)27(19,23)24/h3-10,16H,11H2,1-2H3,(H,20,22)(H2,19,23,24). The number of nitrogens with two attached hydrogens (primary N) is 1. The molecule has 0 aliphatic rings. The molecule has 2 aromatic carbocycles. The maximum Gasteiger partial charge on any atom is 0.307 e. The van der Waals surface area contributed by atoms with Crippen LogP contribution in [0.15, 0.2) is 53.4 Å². The van der Waals surface area contributed by atoms with Gasteiger partial charge in [-0.25, -0.2) is 13.6 Å². The molecule has 0 radical (unpaired) electrons. The molecular weight excluding hydrogens is 372 g/mol. The summed E-state index contributed by atoms with van der Waals surface area (Å²) in [6.45, 7) is 0. The van der Waals surface area contributed by atoms with E-state index >= 15 is 0 Å². The van der Waals surface area contributed by atoms with Gasteiger partial charge in [0.05, 0.1) is 31.6 Å². The first-order valence-corrected chi connectivity index (χ1v) is 9.43. The van der Waals surface area contributed by atoms with Gasteiger partial charge in [-0.1, -0.05) is 12.1 Å². The Labute approximate surface area is 157 Å². The number of hydrogen-bond acceptors (Lipinski definition) is 6. The molecule has 8 nitrogen and oxygen atoms in total. The van der Waals surface area contributed by atoms with Gasteiger partial charge in [-0.15, -0.1) is 0 Å². The van der Waals surface area contributed by atoms with Crippen LogP contribution in [0.1, 0.15) is 28.4 Å². The van der Waals surface area contributed by atoms with Crippen LogP contribution in [0.25, 0.3) is 0 Å². The molecule has 0 saturated heterocycles. The lowest BCUT2D eigenvalue weighted by atomic mass is 10.0. The zero-order valence-corrected chi connectivity index (χ0v) is 15.7. The van der Waals surface area contributed by atoms with Crippen molar-refractivity contribution in [3.8, 4) is 5.75 Å². The van der Waals surface area contributed by atoms with Gasteiger partial charge in [0.15, 0.2) is 0 Å². The molecule has 1 atom stereocenters. The van der Waals surface area contributed by atoms with Gasteiger partial charge in [-0.05, 0) is 42.0 Å². The van der Waals surface area contributed by atoms with Gasteiger partial charge in [0, 0.05) is 5.56 Å². The number of rotatable bonds is 7.